The summed E-state index contributed by atoms with van der Waals surface area (Å²) in [5, 5.41) is 14.1. The first-order valence-corrected chi connectivity index (χ1v) is 6.61. The van der Waals surface area contributed by atoms with E-state index in [2.05, 4.69) is 5.32 Å². The van der Waals surface area contributed by atoms with E-state index in [1.807, 2.05) is 25.1 Å². The maximum absolute atomic E-state index is 13.1. The smallest absolute Gasteiger partial charge is 0.134 e. The first-order chi connectivity index (χ1) is 9.35. The summed E-state index contributed by atoms with van der Waals surface area (Å²) in [5.41, 5.74) is -0.134. The van der Waals surface area contributed by atoms with E-state index in [1.165, 1.54) is 12.1 Å². The summed E-state index contributed by atoms with van der Waals surface area (Å²) in [4.78, 5) is 1.94. The Kier molecular flexibility index (Phi) is 4.42. The number of aliphatic hydroxyl groups is 1. The maximum atomic E-state index is 13.1. The van der Waals surface area contributed by atoms with Crippen molar-refractivity contribution in [2.45, 2.75) is 19.1 Å². The second kappa shape index (κ2) is 5.91. The standard InChI is InChI=1S/C15H21FN2O2/c1-15(19,10-18(2)3)9-17-8-13-7-11-6-12(16)4-5-14(11)20-13/h4-7,17,19H,8-10H2,1-3H3. The monoisotopic (exact) mass is 280 g/mol. The van der Waals surface area contributed by atoms with Crippen LogP contribution in [-0.2, 0) is 6.54 Å². The highest BCUT2D eigenvalue weighted by Gasteiger charge is 2.20. The number of halogens is 1. The Hall–Kier alpha value is -1.43. The predicted octanol–water partition coefficient (Wildman–Crippen LogP) is 1.97. The summed E-state index contributed by atoms with van der Waals surface area (Å²) in [6, 6.07) is 6.26. The Balaban J connectivity index is 1.93. The van der Waals surface area contributed by atoms with E-state index in [0.717, 1.165) is 11.1 Å². The van der Waals surface area contributed by atoms with Crippen LogP contribution in [0.25, 0.3) is 11.0 Å². The van der Waals surface area contributed by atoms with Gasteiger partial charge in [-0.15, -0.1) is 0 Å². The minimum Gasteiger partial charge on any atom is -0.460 e. The van der Waals surface area contributed by atoms with Crippen LogP contribution in [0.3, 0.4) is 0 Å². The van der Waals surface area contributed by atoms with Gasteiger partial charge in [-0.2, -0.15) is 0 Å². The lowest BCUT2D eigenvalue weighted by atomic mass is 10.1. The average Bonchev–Trinajstić information content (AvgIpc) is 2.68. The molecular formula is C15H21FN2O2. The molecule has 0 radical (unpaired) electrons. The maximum Gasteiger partial charge on any atom is 0.134 e. The van der Waals surface area contributed by atoms with Crippen LogP contribution in [0.5, 0.6) is 0 Å². The van der Waals surface area contributed by atoms with Crippen molar-refractivity contribution in [1.82, 2.24) is 10.2 Å². The number of benzene rings is 1. The molecule has 2 rings (SSSR count). The zero-order chi connectivity index (χ0) is 14.8. The molecule has 1 aromatic heterocycles. The van der Waals surface area contributed by atoms with Gasteiger partial charge in [-0.05, 0) is 45.3 Å². The lowest BCUT2D eigenvalue weighted by molar-refractivity contribution is 0.0333. The van der Waals surface area contributed by atoms with E-state index in [-0.39, 0.29) is 5.82 Å². The molecule has 1 aromatic carbocycles. The summed E-state index contributed by atoms with van der Waals surface area (Å²) in [6.45, 7) is 3.32. The van der Waals surface area contributed by atoms with Gasteiger partial charge in [0.05, 0.1) is 12.1 Å². The Bertz CT molecular complexity index is 578. The molecule has 2 aromatic rings. The quantitative estimate of drug-likeness (QED) is 0.849. The highest BCUT2D eigenvalue weighted by molar-refractivity contribution is 5.77. The Morgan fingerprint density at radius 3 is 2.80 bits per heavy atom. The van der Waals surface area contributed by atoms with Gasteiger partial charge in [0.15, 0.2) is 0 Å². The largest absolute Gasteiger partial charge is 0.460 e. The summed E-state index contributed by atoms with van der Waals surface area (Å²) in [5.74, 6) is 0.456. The second-order valence-electron chi connectivity index (χ2n) is 5.73. The molecule has 0 bridgehead atoms. The SMILES string of the molecule is CN(C)CC(C)(O)CNCc1cc2cc(F)ccc2o1. The van der Waals surface area contributed by atoms with Crippen molar-refractivity contribution in [3.05, 3.63) is 35.8 Å². The normalized spacial score (nSPS) is 14.9. The van der Waals surface area contributed by atoms with Crippen LogP contribution >= 0.6 is 0 Å². The summed E-state index contributed by atoms with van der Waals surface area (Å²) >= 11 is 0. The highest BCUT2D eigenvalue weighted by Crippen LogP contribution is 2.20. The van der Waals surface area contributed by atoms with Crippen LogP contribution in [0.1, 0.15) is 12.7 Å². The van der Waals surface area contributed by atoms with Gasteiger partial charge in [0.1, 0.15) is 17.2 Å². The molecule has 0 amide bonds. The number of hydrogen-bond donors (Lipinski definition) is 2. The molecule has 4 nitrogen and oxygen atoms in total. The molecule has 0 saturated carbocycles. The minimum absolute atomic E-state index is 0.272. The Labute approximate surface area is 118 Å². The molecular weight excluding hydrogens is 259 g/mol. The Morgan fingerprint density at radius 1 is 1.35 bits per heavy atom. The number of likely N-dealkylation sites (N-methyl/N-ethyl adjacent to an activating group) is 1. The lowest BCUT2D eigenvalue weighted by Crippen LogP contribution is -2.45. The molecule has 0 saturated heterocycles. The van der Waals surface area contributed by atoms with E-state index in [9.17, 15) is 9.50 Å². The van der Waals surface area contributed by atoms with E-state index >= 15 is 0 Å². The summed E-state index contributed by atoms with van der Waals surface area (Å²) in [6.07, 6.45) is 0. The lowest BCUT2D eigenvalue weighted by Gasteiger charge is -2.27. The van der Waals surface area contributed by atoms with Crippen molar-refractivity contribution in [1.29, 1.82) is 0 Å². The van der Waals surface area contributed by atoms with Gasteiger partial charge in [-0.1, -0.05) is 0 Å². The number of rotatable bonds is 6. The third-order valence-electron chi connectivity index (χ3n) is 2.99. The zero-order valence-corrected chi connectivity index (χ0v) is 12.1. The fraction of sp³-hybridized carbons (Fsp3) is 0.467. The Morgan fingerprint density at radius 2 is 2.10 bits per heavy atom. The zero-order valence-electron chi connectivity index (χ0n) is 12.1. The number of nitrogens with zero attached hydrogens (tertiary/aromatic N) is 1. The van der Waals surface area contributed by atoms with Crippen molar-refractivity contribution in [3.63, 3.8) is 0 Å². The van der Waals surface area contributed by atoms with Crippen LogP contribution in [0, 0.1) is 5.82 Å². The van der Waals surface area contributed by atoms with Crippen LogP contribution in [0.4, 0.5) is 4.39 Å². The van der Waals surface area contributed by atoms with Crippen LogP contribution in [0.2, 0.25) is 0 Å². The molecule has 0 aliphatic heterocycles. The summed E-state index contributed by atoms with van der Waals surface area (Å²) in [7, 11) is 3.84. The number of nitrogens with one attached hydrogen (secondary N) is 1. The van der Waals surface area contributed by atoms with Crippen molar-refractivity contribution in [2.24, 2.45) is 0 Å². The van der Waals surface area contributed by atoms with Gasteiger partial charge >= 0.3 is 0 Å². The number of hydrogen-bond acceptors (Lipinski definition) is 4. The molecule has 110 valence electrons. The van der Waals surface area contributed by atoms with Crippen molar-refractivity contribution >= 4 is 11.0 Å². The first kappa shape index (κ1) is 15.0. The molecule has 1 heterocycles. The topological polar surface area (TPSA) is 48.6 Å². The molecule has 2 N–H and O–H groups in total. The summed E-state index contributed by atoms with van der Waals surface area (Å²) < 4.78 is 18.7. The second-order valence-corrected chi connectivity index (χ2v) is 5.73. The molecule has 1 unspecified atom stereocenters. The minimum atomic E-state index is -0.804. The van der Waals surface area contributed by atoms with Gasteiger partial charge in [0.25, 0.3) is 0 Å². The van der Waals surface area contributed by atoms with Crippen molar-refractivity contribution in [3.8, 4) is 0 Å². The van der Waals surface area contributed by atoms with Crippen molar-refractivity contribution < 1.29 is 13.9 Å². The van der Waals surface area contributed by atoms with Gasteiger partial charge in [0.2, 0.25) is 0 Å². The third kappa shape index (κ3) is 4.03. The van der Waals surface area contributed by atoms with Gasteiger partial charge in [0, 0.05) is 18.5 Å². The van der Waals surface area contributed by atoms with Crippen LogP contribution < -0.4 is 5.32 Å². The predicted molar refractivity (Wildman–Crippen MR) is 77.1 cm³/mol. The molecule has 0 fully saturated rings. The molecule has 5 heteroatoms. The molecule has 20 heavy (non-hydrogen) atoms. The van der Waals surface area contributed by atoms with Gasteiger partial charge < -0.3 is 19.7 Å². The molecule has 0 aliphatic rings. The molecule has 1 atom stereocenters. The fourth-order valence-corrected chi connectivity index (χ4v) is 2.35. The first-order valence-electron chi connectivity index (χ1n) is 6.61. The van der Waals surface area contributed by atoms with Gasteiger partial charge in [-0.25, -0.2) is 4.39 Å². The third-order valence-corrected chi connectivity index (χ3v) is 2.99. The molecule has 0 spiro atoms. The van der Waals surface area contributed by atoms with E-state index < -0.39 is 5.60 Å². The highest BCUT2D eigenvalue weighted by atomic mass is 19.1. The van der Waals surface area contributed by atoms with E-state index in [4.69, 9.17) is 4.42 Å². The van der Waals surface area contributed by atoms with Gasteiger partial charge in [-0.3, -0.25) is 0 Å². The van der Waals surface area contributed by atoms with E-state index in [1.54, 1.807) is 13.0 Å². The van der Waals surface area contributed by atoms with Crippen molar-refractivity contribution in [2.75, 3.05) is 27.2 Å². The number of furan rings is 1. The molecule has 0 aliphatic carbocycles. The number of fused-ring (bicyclic) bond motifs is 1. The van der Waals surface area contributed by atoms with Crippen LogP contribution in [0.15, 0.2) is 28.7 Å². The van der Waals surface area contributed by atoms with Crippen LogP contribution in [-0.4, -0.2) is 42.8 Å². The average molecular weight is 280 g/mol. The fourth-order valence-electron chi connectivity index (χ4n) is 2.35. The van der Waals surface area contributed by atoms with E-state index in [0.29, 0.717) is 25.2 Å².